The Bertz CT molecular complexity index is 436. The number of piperidine rings is 1. The molecule has 0 spiro atoms. The van der Waals surface area contributed by atoms with Crippen LogP contribution in [0.5, 0.6) is 0 Å². The number of carbonyl (C=O) groups is 1. The van der Waals surface area contributed by atoms with Crippen LogP contribution in [-0.4, -0.2) is 41.9 Å². The Morgan fingerprint density at radius 3 is 3.16 bits per heavy atom. The van der Waals surface area contributed by atoms with Gasteiger partial charge in [-0.1, -0.05) is 13.0 Å². The standard InChI is InChI=1S/C14H20N2O3/c1-2-9-19-11-5-4-8-16(10-11)13-7-3-6-12(15-13)14(17)18/h3,6-7,11H,2,4-5,8-10H2,1H3,(H,17,18). The first-order valence-electron chi connectivity index (χ1n) is 6.77. The first kappa shape index (κ1) is 13.8. The largest absolute Gasteiger partial charge is 0.477 e. The molecule has 1 saturated heterocycles. The van der Waals surface area contributed by atoms with Gasteiger partial charge in [0.1, 0.15) is 5.82 Å². The molecular formula is C14H20N2O3. The molecule has 1 atom stereocenters. The van der Waals surface area contributed by atoms with Crippen molar-refractivity contribution in [3.05, 3.63) is 23.9 Å². The summed E-state index contributed by atoms with van der Waals surface area (Å²) in [5, 5.41) is 8.97. The number of hydrogen-bond donors (Lipinski definition) is 1. The molecular weight excluding hydrogens is 244 g/mol. The molecule has 1 N–H and O–H groups in total. The molecule has 1 aliphatic rings. The minimum atomic E-state index is -0.988. The topological polar surface area (TPSA) is 62.7 Å². The summed E-state index contributed by atoms with van der Waals surface area (Å²) in [6, 6.07) is 5.11. The number of carboxylic acids is 1. The molecule has 0 radical (unpaired) electrons. The molecule has 1 fully saturated rings. The number of rotatable bonds is 5. The highest BCUT2D eigenvalue weighted by atomic mass is 16.5. The lowest BCUT2D eigenvalue weighted by Gasteiger charge is -2.33. The zero-order valence-corrected chi connectivity index (χ0v) is 11.2. The third-order valence-corrected chi connectivity index (χ3v) is 3.21. The summed E-state index contributed by atoms with van der Waals surface area (Å²) >= 11 is 0. The lowest BCUT2D eigenvalue weighted by atomic mass is 10.1. The van der Waals surface area contributed by atoms with E-state index < -0.39 is 5.97 Å². The molecule has 19 heavy (non-hydrogen) atoms. The van der Waals surface area contributed by atoms with Gasteiger partial charge in [0.25, 0.3) is 0 Å². The molecule has 5 heteroatoms. The van der Waals surface area contributed by atoms with E-state index in [0.717, 1.165) is 44.8 Å². The predicted octanol–water partition coefficient (Wildman–Crippen LogP) is 2.18. The van der Waals surface area contributed by atoms with Crippen molar-refractivity contribution in [2.75, 3.05) is 24.6 Å². The van der Waals surface area contributed by atoms with Crippen LogP contribution in [0.3, 0.4) is 0 Å². The second-order valence-corrected chi connectivity index (χ2v) is 4.77. The van der Waals surface area contributed by atoms with Crippen LogP contribution in [0.15, 0.2) is 18.2 Å². The van der Waals surface area contributed by atoms with Crippen LogP contribution in [-0.2, 0) is 4.74 Å². The van der Waals surface area contributed by atoms with Crippen LogP contribution in [0, 0.1) is 0 Å². The van der Waals surface area contributed by atoms with Crippen LogP contribution < -0.4 is 4.90 Å². The average molecular weight is 264 g/mol. The molecule has 2 rings (SSSR count). The number of aromatic nitrogens is 1. The summed E-state index contributed by atoms with van der Waals surface area (Å²) in [5.41, 5.74) is 0.0918. The Labute approximate surface area is 113 Å². The molecule has 104 valence electrons. The molecule has 1 aromatic rings. The SMILES string of the molecule is CCCOC1CCCN(c2cccc(C(=O)O)n2)C1. The van der Waals surface area contributed by atoms with Crippen molar-refractivity contribution in [3.8, 4) is 0 Å². The second kappa shape index (κ2) is 6.52. The van der Waals surface area contributed by atoms with E-state index in [1.54, 1.807) is 6.07 Å². The van der Waals surface area contributed by atoms with Crippen molar-refractivity contribution in [3.63, 3.8) is 0 Å². The van der Waals surface area contributed by atoms with Gasteiger partial charge in [-0.3, -0.25) is 0 Å². The van der Waals surface area contributed by atoms with Gasteiger partial charge in [0.2, 0.25) is 0 Å². The van der Waals surface area contributed by atoms with E-state index >= 15 is 0 Å². The summed E-state index contributed by atoms with van der Waals surface area (Å²) in [6.07, 6.45) is 3.36. The third-order valence-electron chi connectivity index (χ3n) is 3.21. The minimum Gasteiger partial charge on any atom is -0.477 e. The van der Waals surface area contributed by atoms with Crippen molar-refractivity contribution in [2.24, 2.45) is 0 Å². The van der Waals surface area contributed by atoms with E-state index in [1.807, 2.05) is 6.07 Å². The quantitative estimate of drug-likeness (QED) is 0.883. The maximum Gasteiger partial charge on any atom is 0.354 e. The number of aromatic carboxylic acids is 1. The van der Waals surface area contributed by atoms with Gasteiger partial charge < -0.3 is 14.7 Å². The van der Waals surface area contributed by atoms with E-state index in [-0.39, 0.29) is 11.8 Å². The van der Waals surface area contributed by atoms with Crippen molar-refractivity contribution < 1.29 is 14.6 Å². The molecule has 0 bridgehead atoms. The Balaban J connectivity index is 2.04. The number of pyridine rings is 1. The van der Waals surface area contributed by atoms with Gasteiger partial charge in [-0.25, -0.2) is 9.78 Å². The molecule has 0 aliphatic carbocycles. The first-order chi connectivity index (χ1) is 9.20. The predicted molar refractivity (Wildman–Crippen MR) is 72.7 cm³/mol. The smallest absolute Gasteiger partial charge is 0.354 e. The van der Waals surface area contributed by atoms with Crippen molar-refractivity contribution >= 4 is 11.8 Å². The fraction of sp³-hybridized carbons (Fsp3) is 0.571. The van der Waals surface area contributed by atoms with Crippen molar-refractivity contribution in [1.82, 2.24) is 4.98 Å². The monoisotopic (exact) mass is 264 g/mol. The highest BCUT2D eigenvalue weighted by Crippen LogP contribution is 2.20. The average Bonchev–Trinajstić information content (AvgIpc) is 2.45. The van der Waals surface area contributed by atoms with Gasteiger partial charge in [-0.2, -0.15) is 0 Å². The fourth-order valence-corrected chi connectivity index (χ4v) is 2.29. The van der Waals surface area contributed by atoms with Crippen LogP contribution in [0.2, 0.25) is 0 Å². The van der Waals surface area contributed by atoms with Gasteiger partial charge in [-0.15, -0.1) is 0 Å². The Hall–Kier alpha value is -1.62. The number of hydrogen-bond acceptors (Lipinski definition) is 4. The molecule has 5 nitrogen and oxygen atoms in total. The molecule has 1 unspecified atom stereocenters. The molecule has 0 amide bonds. The van der Waals surface area contributed by atoms with Crippen LogP contribution in [0.1, 0.15) is 36.7 Å². The first-order valence-corrected chi connectivity index (χ1v) is 6.77. The minimum absolute atomic E-state index is 0.0918. The maximum absolute atomic E-state index is 10.9. The van der Waals surface area contributed by atoms with Gasteiger partial charge in [-0.05, 0) is 31.4 Å². The summed E-state index contributed by atoms with van der Waals surface area (Å²) in [4.78, 5) is 17.2. The van der Waals surface area contributed by atoms with Gasteiger partial charge in [0, 0.05) is 19.7 Å². The van der Waals surface area contributed by atoms with E-state index in [4.69, 9.17) is 9.84 Å². The lowest BCUT2D eigenvalue weighted by Crippen LogP contribution is -2.40. The fourth-order valence-electron chi connectivity index (χ4n) is 2.29. The summed E-state index contributed by atoms with van der Waals surface area (Å²) in [7, 11) is 0. The van der Waals surface area contributed by atoms with E-state index in [2.05, 4.69) is 16.8 Å². The van der Waals surface area contributed by atoms with E-state index in [9.17, 15) is 4.79 Å². The Kier molecular flexibility index (Phi) is 4.74. The molecule has 1 aliphatic heterocycles. The number of ether oxygens (including phenoxy) is 1. The Morgan fingerprint density at radius 1 is 1.58 bits per heavy atom. The molecule has 0 aromatic carbocycles. The highest BCUT2D eigenvalue weighted by molar-refractivity contribution is 5.85. The van der Waals surface area contributed by atoms with Gasteiger partial charge in [0.05, 0.1) is 6.10 Å². The zero-order chi connectivity index (χ0) is 13.7. The number of carboxylic acid groups (broad SMARTS) is 1. The van der Waals surface area contributed by atoms with Crippen molar-refractivity contribution in [2.45, 2.75) is 32.3 Å². The van der Waals surface area contributed by atoms with Crippen LogP contribution >= 0.6 is 0 Å². The van der Waals surface area contributed by atoms with Crippen molar-refractivity contribution in [1.29, 1.82) is 0 Å². The zero-order valence-electron chi connectivity index (χ0n) is 11.2. The van der Waals surface area contributed by atoms with Gasteiger partial charge >= 0.3 is 5.97 Å². The molecule has 1 aromatic heterocycles. The van der Waals surface area contributed by atoms with Crippen LogP contribution in [0.4, 0.5) is 5.82 Å². The van der Waals surface area contributed by atoms with Crippen LogP contribution in [0.25, 0.3) is 0 Å². The summed E-state index contributed by atoms with van der Waals surface area (Å²) in [6.45, 7) is 4.57. The normalized spacial score (nSPS) is 19.4. The summed E-state index contributed by atoms with van der Waals surface area (Å²) < 4.78 is 5.78. The van der Waals surface area contributed by atoms with Gasteiger partial charge in [0.15, 0.2) is 5.69 Å². The van der Waals surface area contributed by atoms with E-state index in [1.165, 1.54) is 6.07 Å². The number of nitrogens with zero attached hydrogens (tertiary/aromatic N) is 2. The lowest BCUT2D eigenvalue weighted by molar-refractivity contribution is 0.0439. The maximum atomic E-state index is 10.9. The Morgan fingerprint density at radius 2 is 2.42 bits per heavy atom. The highest BCUT2D eigenvalue weighted by Gasteiger charge is 2.21. The number of anilines is 1. The second-order valence-electron chi connectivity index (χ2n) is 4.77. The molecule has 2 heterocycles. The third kappa shape index (κ3) is 3.67. The molecule has 0 saturated carbocycles. The van der Waals surface area contributed by atoms with E-state index in [0.29, 0.717) is 0 Å². The summed E-state index contributed by atoms with van der Waals surface area (Å²) in [5.74, 6) is -0.262.